The molecule has 0 saturated carbocycles. The number of anilines is 2. The molecule has 0 spiro atoms. The van der Waals surface area contributed by atoms with Crippen LogP contribution in [0.2, 0.25) is 0 Å². The van der Waals surface area contributed by atoms with Gasteiger partial charge >= 0.3 is 0 Å². The van der Waals surface area contributed by atoms with Gasteiger partial charge in [-0.1, -0.05) is 17.8 Å². The van der Waals surface area contributed by atoms with Crippen LogP contribution in [0.5, 0.6) is 0 Å². The Morgan fingerprint density at radius 1 is 1.26 bits per heavy atom. The van der Waals surface area contributed by atoms with E-state index in [-0.39, 0.29) is 0 Å². The van der Waals surface area contributed by atoms with Crippen molar-refractivity contribution in [1.29, 1.82) is 0 Å². The molecule has 0 aliphatic carbocycles. The number of ether oxygens (including phenoxy) is 1. The maximum absolute atomic E-state index is 5.39. The van der Waals surface area contributed by atoms with E-state index in [0.29, 0.717) is 6.73 Å². The third kappa shape index (κ3) is 2.96. The zero-order valence-corrected chi connectivity index (χ0v) is 14.4. The van der Waals surface area contributed by atoms with E-state index in [1.165, 1.54) is 15.5 Å². The van der Waals surface area contributed by atoms with Crippen molar-refractivity contribution in [3.8, 4) is 0 Å². The molecule has 0 unspecified atom stereocenters. The molecular weight excluding hydrogens is 328 g/mol. The second-order valence-corrected chi connectivity index (χ2v) is 7.43. The Hall–Kier alpha value is -1.57. The van der Waals surface area contributed by atoms with E-state index in [9.17, 15) is 0 Å². The van der Waals surface area contributed by atoms with Gasteiger partial charge in [-0.2, -0.15) is 0 Å². The van der Waals surface area contributed by atoms with E-state index in [1.807, 2.05) is 11.8 Å². The molecule has 2 aliphatic rings. The van der Waals surface area contributed by atoms with Crippen molar-refractivity contribution in [2.45, 2.75) is 16.3 Å². The van der Waals surface area contributed by atoms with E-state index in [2.05, 4.69) is 38.1 Å². The summed E-state index contributed by atoms with van der Waals surface area (Å²) in [4.78, 5) is 16.7. The summed E-state index contributed by atoms with van der Waals surface area (Å²) < 4.78 is 5.39. The zero-order chi connectivity index (χ0) is 15.6. The summed E-state index contributed by atoms with van der Waals surface area (Å²) in [6.45, 7) is 1.40. The minimum absolute atomic E-state index is 0.457. The second-order valence-electron chi connectivity index (χ2n) is 5.24. The van der Waals surface area contributed by atoms with Gasteiger partial charge in [-0.15, -0.1) is 11.8 Å². The van der Waals surface area contributed by atoms with Gasteiger partial charge in [-0.25, -0.2) is 9.97 Å². The molecule has 118 valence electrons. The van der Waals surface area contributed by atoms with Crippen LogP contribution in [0.1, 0.15) is 5.56 Å². The Labute approximate surface area is 143 Å². The average molecular weight is 344 g/mol. The molecule has 1 aromatic carbocycles. The van der Waals surface area contributed by atoms with Gasteiger partial charge in [0.1, 0.15) is 11.8 Å². The lowest BCUT2D eigenvalue weighted by Crippen LogP contribution is -2.24. The van der Waals surface area contributed by atoms with Gasteiger partial charge in [0, 0.05) is 43.1 Å². The lowest BCUT2D eigenvalue weighted by Gasteiger charge is -2.30. The number of methoxy groups -OCH3 is 1. The maximum Gasteiger partial charge on any atom is 0.168 e. The van der Waals surface area contributed by atoms with Crippen LogP contribution in [-0.4, -0.2) is 41.1 Å². The van der Waals surface area contributed by atoms with Gasteiger partial charge in [0.05, 0.1) is 10.7 Å². The minimum Gasteiger partial charge on any atom is -0.364 e. The summed E-state index contributed by atoms with van der Waals surface area (Å²) in [6.07, 6.45) is 4.35. The van der Waals surface area contributed by atoms with E-state index in [1.54, 1.807) is 31.3 Å². The van der Waals surface area contributed by atoms with E-state index in [4.69, 9.17) is 4.74 Å². The Morgan fingerprint density at radius 2 is 2.17 bits per heavy atom. The van der Waals surface area contributed by atoms with Crippen molar-refractivity contribution in [3.05, 3.63) is 36.2 Å². The number of aliphatic imine (C=N–C) groups is 1. The van der Waals surface area contributed by atoms with Crippen molar-refractivity contribution < 1.29 is 4.74 Å². The lowest BCUT2D eigenvalue weighted by atomic mass is 10.1. The fourth-order valence-corrected chi connectivity index (χ4v) is 4.54. The van der Waals surface area contributed by atoms with Crippen LogP contribution in [0.3, 0.4) is 0 Å². The molecule has 23 heavy (non-hydrogen) atoms. The molecular formula is C16H16N4OS2. The molecule has 2 aliphatic heterocycles. The number of hydrogen-bond acceptors (Lipinski definition) is 7. The van der Waals surface area contributed by atoms with E-state index >= 15 is 0 Å². The molecule has 0 atom stereocenters. The fraction of sp³-hybridized carbons (Fsp3) is 0.312. The predicted molar refractivity (Wildman–Crippen MR) is 95.1 cm³/mol. The van der Waals surface area contributed by atoms with Crippen LogP contribution in [0.25, 0.3) is 0 Å². The molecule has 5 nitrogen and oxygen atoms in total. The van der Waals surface area contributed by atoms with Crippen molar-refractivity contribution in [2.24, 2.45) is 4.99 Å². The highest BCUT2D eigenvalue weighted by Crippen LogP contribution is 2.46. The molecule has 0 bridgehead atoms. The quantitative estimate of drug-likeness (QED) is 0.847. The summed E-state index contributed by atoms with van der Waals surface area (Å²) in [5.41, 5.74) is 2.40. The molecule has 7 heteroatoms. The number of benzene rings is 1. The molecule has 0 fully saturated rings. The summed E-state index contributed by atoms with van der Waals surface area (Å²) in [7, 11) is 1.70. The fourth-order valence-electron chi connectivity index (χ4n) is 2.68. The topological polar surface area (TPSA) is 50.6 Å². The number of fused-ring (bicyclic) bond motifs is 2. The van der Waals surface area contributed by atoms with Crippen LogP contribution in [0, 0.1) is 0 Å². The van der Waals surface area contributed by atoms with Crippen LogP contribution in [-0.2, 0) is 11.2 Å². The van der Waals surface area contributed by atoms with Crippen LogP contribution < -0.4 is 4.90 Å². The van der Waals surface area contributed by atoms with Crippen molar-refractivity contribution in [3.63, 3.8) is 0 Å². The number of thioether (sulfide) groups is 1. The molecule has 0 N–H and O–H groups in total. The molecule has 4 rings (SSSR count). The normalized spacial score (nSPS) is 16.0. The monoisotopic (exact) mass is 344 g/mol. The van der Waals surface area contributed by atoms with Crippen molar-refractivity contribution in [1.82, 2.24) is 9.97 Å². The molecule has 1 aromatic heterocycles. The highest BCUT2D eigenvalue weighted by atomic mass is 32.2. The summed E-state index contributed by atoms with van der Waals surface area (Å²) in [6, 6.07) is 6.57. The molecule has 0 saturated heterocycles. The van der Waals surface area contributed by atoms with Gasteiger partial charge < -0.3 is 4.74 Å². The number of rotatable bonds is 4. The summed E-state index contributed by atoms with van der Waals surface area (Å²) >= 11 is 3.52. The smallest absolute Gasteiger partial charge is 0.168 e. The first-order valence-electron chi connectivity index (χ1n) is 7.39. The highest BCUT2D eigenvalue weighted by Gasteiger charge is 2.26. The number of nitrogens with zero attached hydrogens (tertiary/aromatic N) is 4. The number of aromatic nitrogens is 2. The molecule has 0 radical (unpaired) electrons. The molecule has 2 aromatic rings. The molecule has 0 amide bonds. The summed E-state index contributed by atoms with van der Waals surface area (Å²) in [5, 5.41) is 2.15. The minimum atomic E-state index is 0.457. The van der Waals surface area contributed by atoms with Gasteiger partial charge in [0.15, 0.2) is 5.82 Å². The van der Waals surface area contributed by atoms with Crippen LogP contribution in [0.15, 0.2) is 45.5 Å². The third-order valence-corrected chi connectivity index (χ3v) is 5.72. The first kappa shape index (κ1) is 15.0. The van der Waals surface area contributed by atoms with Gasteiger partial charge in [-0.05, 0) is 17.7 Å². The Morgan fingerprint density at radius 3 is 3.00 bits per heavy atom. The predicted octanol–water partition coefficient (Wildman–Crippen LogP) is 3.37. The second kappa shape index (κ2) is 6.51. The van der Waals surface area contributed by atoms with Crippen LogP contribution in [0.4, 0.5) is 11.5 Å². The van der Waals surface area contributed by atoms with Crippen molar-refractivity contribution in [2.75, 3.05) is 31.0 Å². The highest BCUT2D eigenvalue weighted by molar-refractivity contribution is 8.14. The largest absolute Gasteiger partial charge is 0.364 e. The Bertz CT molecular complexity index is 765. The van der Waals surface area contributed by atoms with E-state index in [0.717, 1.165) is 35.2 Å². The van der Waals surface area contributed by atoms with Gasteiger partial charge in [0.25, 0.3) is 0 Å². The third-order valence-electron chi connectivity index (χ3n) is 3.68. The Kier molecular flexibility index (Phi) is 4.24. The van der Waals surface area contributed by atoms with Gasteiger partial charge in [0.2, 0.25) is 0 Å². The van der Waals surface area contributed by atoms with E-state index < -0.39 is 0 Å². The van der Waals surface area contributed by atoms with Gasteiger partial charge in [-0.3, -0.25) is 9.89 Å². The SMILES string of the molecule is COCN1c2cc(CC3=NCCS3)ccc2Sc2nccnc21. The Balaban J connectivity index is 1.70. The van der Waals surface area contributed by atoms with Crippen LogP contribution >= 0.6 is 23.5 Å². The number of hydrogen-bond donors (Lipinski definition) is 0. The lowest BCUT2D eigenvalue weighted by molar-refractivity contribution is 0.204. The first-order valence-corrected chi connectivity index (χ1v) is 9.20. The van der Waals surface area contributed by atoms with Crippen molar-refractivity contribution >= 4 is 40.1 Å². The average Bonchev–Trinajstić information content (AvgIpc) is 3.08. The molecule has 3 heterocycles. The standard InChI is InChI=1S/C16H16N4OS2/c1-21-10-20-12-8-11(9-14-17-6-7-22-14)2-3-13(12)23-16-15(20)18-4-5-19-16/h2-5,8H,6-7,9-10H2,1H3. The maximum atomic E-state index is 5.39. The zero-order valence-electron chi connectivity index (χ0n) is 12.7. The first-order chi connectivity index (χ1) is 11.3. The summed E-state index contributed by atoms with van der Waals surface area (Å²) in [5.74, 6) is 1.96.